The molecule has 0 spiro atoms. The van der Waals surface area contributed by atoms with E-state index in [0.717, 1.165) is 5.56 Å². The number of hydrogen-bond acceptors (Lipinski definition) is 5. The Morgan fingerprint density at radius 2 is 1.75 bits per heavy atom. The van der Waals surface area contributed by atoms with Crippen LogP contribution in [0.4, 0.5) is 4.39 Å². The average Bonchev–Trinajstić information content (AvgIpc) is 3.19. The second kappa shape index (κ2) is 11.2. The summed E-state index contributed by atoms with van der Waals surface area (Å²) < 4.78 is 28.4. The summed E-state index contributed by atoms with van der Waals surface area (Å²) in [6.45, 7) is 0.839. The molecule has 0 atom stereocenters. The second-order valence-corrected chi connectivity index (χ2v) is 6.20. The number of methoxy groups -OCH3 is 2. The third-order valence-electron chi connectivity index (χ3n) is 4.08. The van der Waals surface area contributed by atoms with E-state index in [4.69, 9.17) is 13.9 Å². The van der Waals surface area contributed by atoms with Gasteiger partial charge in [-0.2, -0.15) is 0 Å². The fraction of sp³-hybridized carbons (Fsp3) is 0.400. The predicted molar refractivity (Wildman–Crippen MR) is 99.7 cm³/mol. The van der Waals surface area contributed by atoms with Crippen molar-refractivity contribution in [2.24, 2.45) is 0 Å². The molecule has 1 heterocycles. The molecule has 0 aliphatic heterocycles. The molecule has 0 aliphatic carbocycles. The minimum absolute atomic E-state index is 0.118. The number of halogens is 1. The number of ether oxygens (including phenoxy) is 2. The zero-order chi connectivity index (χ0) is 20.4. The summed E-state index contributed by atoms with van der Waals surface area (Å²) in [5.41, 5.74) is 0.771. The monoisotopic (exact) mass is 392 g/mol. The molecule has 2 rings (SSSR count). The lowest BCUT2D eigenvalue weighted by Crippen LogP contribution is -2.44. The van der Waals surface area contributed by atoms with Crippen LogP contribution in [0.1, 0.15) is 11.3 Å². The van der Waals surface area contributed by atoms with Gasteiger partial charge in [-0.05, 0) is 29.8 Å². The third-order valence-corrected chi connectivity index (χ3v) is 4.08. The lowest BCUT2D eigenvalue weighted by atomic mass is 10.2. The molecule has 7 nitrogen and oxygen atoms in total. The van der Waals surface area contributed by atoms with Crippen LogP contribution < -0.4 is 0 Å². The molecule has 1 aromatic heterocycles. The Labute approximate surface area is 163 Å². The molecule has 152 valence electrons. The molecule has 0 saturated carbocycles. The van der Waals surface area contributed by atoms with Crippen LogP contribution in [0.15, 0.2) is 47.1 Å². The van der Waals surface area contributed by atoms with Crippen LogP contribution in [0.2, 0.25) is 0 Å². The van der Waals surface area contributed by atoms with E-state index >= 15 is 0 Å². The molecule has 28 heavy (non-hydrogen) atoms. The average molecular weight is 392 g/mol. The number of hydrogen-bond donors (Lipinski definition) is 0. The van der Waals surface area contributed by atoms with Crippen LogP contribution >= 0.6 is 0 Å². The SMILES string of the molecule is COCCN(CC(=O)N(Cc1ccc(F)cc1)Cc1ccco1)C(=O)COC. The van der Waals surface area contributed by atoms with Crippen LogP contribution in [-0.2, 0) is 32.2 Å². The molecule has 0 aliphatic rings. The Kier molecular flexibility index (Phi) is 8.64. The molecule has 2 amide bonds. The molecule has 0 radical (unpaired) electrons. The maximum absolute atomic E-state index is 13.2. The summed E-state index contributed by atoms with van der Waals surface area (Å²) in [4.78, 5) is 28.2. The summed E-state index contributed by atoms with van der Waals surface area (Å²) in [7, 11) is 2.95. The number of furan rings is 1. The summed E-state index contributed by atoms with van der Waals surface area (Å²) in [6, 6.07) is 9.44. The Balaban J connectivity index is 2.13. The zero-order valence-corrected chi connectivity index (χ0v) is 16.1. The molecule has 0 unspecified atom stereocenters. The second-order valence-electron chi connectivity index (χ2n) is 6.20. The van der Waals surface area contributed by atoms with Gasteiger partial charge in [0.1, 0.15) is 18.2 Å². The molecule has 0 N–H and O–H groups in total. The van der Waals surface area contributed by atoms with Crippen LogP contribution in [0, 0.1) is 5.82 Å². The summed E-state index contributed by atoms with van der Waals surface area (Å²) in [5, 5.41) is 0. The van der Waals surface area contributed by atoms with Crippen LogP contribution in [0.25, 0.3) is 0 Å². The number of nitrogens with zero attached hydrogens (tertiary/aromatic N) is 2. The molecule has 2 aromatic rings. The fourth-order valence-electron chi connectivity index (χ4n) is 2.60. The fourth-order valence-corrected chi connectivity index (χ4v) is 2.60. The lowest BCUT2D eigenvalue weighted by molar-refractivity contribution is -0.144. The van der Waals surface area contributed by atoms with Crippen molar-refractivity contribution in [3.8, 4) is 0 Å². The summed E-state index contributed by atoms with van der Waals surface area (Å²) in [6.07, 6.45) is 1.53. The maximum atomic E-state index is 13.2. The summed E-state index contributed by atoms with van der Waals surface area (Å²) in [5.74, 6) is -0.292. The topological polar surface area (TPSA) is 72.2 Å². The Hall–Kier alpha value is -2.71. The quantitative estimate of drug-likeness (QED) is 0.585. The highest BCUT2D eigenvalue weighted by Crippen LogP contribution is 2.12. The first-order chi connectivity index (χ1) is 13.5. The van der Waals surface area contributed by atoms with Crippen LogP contribution in [0.5, 0.6) is 0 Å². The van der Waals surface area contributed by atoms with Gasteiger partial charge in [0.2, 0.25) is 11.8 Å². The van der Waals surface area contributed by atoms with Crippen molar-refractivity contribution in [2.45, 2.75) is 13.1 Å². The van der Waals surface area contributed by atoms with Crippen molar-refractivity contribution in [1.29, 1.82) is 0 Å². The van der Waals surface area contributed by atoms with Crippen molar-refractivity contribution in [1.82, 2.24) is 9.80 Å². The van der Waals surface area contributed by atoms with Crippen molar-refractivity contribution in [2.75, 3.05) is 40.5 Å². The number of carbonyl (C=O) groups is 2. The van der Waals surface area contributed by atoms with Crippen molar-refractivity contribution in [3.63, 3.8) is 0 Å². The number of rotatable bonds is 11. The van der Waals surface area contributed by atoms with E-state index in [2.05, 4.69) is 0 Å². The number of benzene rings is 1. The predicted octanol–water partition coefficient (Wildman–Crippen LogP) is 2.07. The molecule has 8 heteroatoms. The van der Waals surface area contributed by atoms with Gasteiger partial charge in [-0.15, -0.1) is 0 Å². The van der Waals surface area contributed by atoms with Gasteiger partial charge < -0.3 is 23.7 Å². The molecule has 0 saturated heterocycles. The van der Waals surface area contributed by atoms with Crippen molar-refractivity contribution < 1.29 is 27.9 Å². The first-order valence-corrected chi connectivity index (χ1v) is 8.83. The van der Waals surface area contributed by atoms with Gasteiger partial charge in [-0.25, -0.2) is 4.39 Å². The van der Waals surface area contributed by atoms with E-state index in [1.807, 2.05) is 0 Å². The molecular weight excluding hydrogens is 367 g/mol. The highest BCUT2D eigenvalue weighted by Gasteiger charge is 2.22. The van der Waals surface area contributed by atoms with Crippen molar-refractivity contribution >= 4 is 11.8 Å². The maximum Gasteiger partial charge on any atom is 0.249 e. The van der Waals surface area contributed by atoms with Crippen molar-refractivity contribution in [3.05, 3.63) is 59.8 Å². The Bertz CT molecular complexity index is 734. The van der Waals surface area contributed by atoms with E-state index in [1.165, 1.54) is 37.5 Å². The summed E-state index contributed by atoms with van der Waals surface area (Å²) >= 11 is 0. The van der Waals surface area contributed by atoms with E-state index in [0.29, 0.717) is 12.4 Å². The smallest absolute Gasteiger partial charge is 0.249 e. The van der Waals surface area contributed by atoms with Gasteiger partial charge in [0, 0.05) is 27.3 Å². The van der Waals surface area contributed by atoms with Crippen LogP contribution in [0.3, 0.4) is 0 Å². The zero-order valence-electron chi connectivity index (χ0n) is 16.1. The first-order valence-electron chi connectivity index (χ1n) is 8.83. The highest BCUT2D eigenvalue weighted by atomic mass is 19.1. The van der Waals surface area contributed by atoms with Gasteiger partial charge in [-0.1, -0.05) is 12.1 Å². The minimum Gasteiger partial charge on any atom is -0.467 e. The Morgan fingerprint density at radius 1 is 1.00 bits per heavy atom. The van der Waals surface area contributed by atoms with Gasteiger partial charge >= 0.3 is 0 Å². The number of amides is 2. The first kappa shape index (κ1) is 21.6. The molecular formula is C20H25FN2O5. The van der Waals surface area contributed by atoms with Gasteiger partial charge in [-0.3, -0.25) is 9.59 Å². The van der Waals surface area contributed by atoms with Crippen LogP contribution in [-0.4, -0.2) is 62.1 Å². The van der Waals surface area contributed by atoms with Gasteiger partial charge in [0.15, 0.2) is 0 Å². The van der Waals surface area contributed by atoms with Gasteiger partial charge in [0.05, 0.1) is 26.0 Å². The molecule has 0 fully saturated rings. The normalized spacial score (nSPS) is 10.7. The lowest BCUT2D eigenvalue weighted by Gasteiger charge is -2.27. The third kappa shape index (κ3) is 6.79. The standard InChI is InChI=1S/C20H25FN2O5/c1-26-11-9-22(20(25)15-27-2)14-19(24)23(13-18-4-3-10-28-18)12-16-5-7-17(21)8-6-16/h3-8,10H,9,11-15H2,1-2H3. The van der Waals surface area contributed by atoms with Gasteiger partial charge in [0.25, 0.3) is 0 Å². The highest BCUT2D eigenvalue weighted by molar-refractivity contribution is 5.85. The number of carbonyl (C=O) groups excluding carboxylic acids is 2. The molecule has 0 bridgehead atoms. The van der Waals surface area contributed by atoms with E-state index in [-0.39, 0.29) is 50.4 Å². The van der Waals surface area contributed by atoms with E-state index in [1.54, 1.807) is 29.2 Å². The minimum atomic E-state index is -0.344. The van der Waals surface area contributed by atoms with E-state index in [9.17, 15) is 14.0 Å². The largest absolute Gasteiger partial charge is 0.467 e. The van der Waals surface area contributed by atoms with E-state index < -0.39 is 0 Å². The Morgan fingerprint density at radius 3 is 2.36 bits per heavy atom. The molecule has 1 aromatic carbocycles.